The Morgan fingerprint density at radius 1 is 0.674 bits per heavy atom. The maximum Gasteiger partial charge on any atom is 0.336 e. The van der Waals surface area contributed by atoms with Crippen LogP contribution in [0.25, 0.3) is 0 Å². The van der Waals surface area contributed by atoms with Crippen LogP contribution in [0.4, 0.5) is 11.4 Å². The predicted molar refractivity (Wildman–Crippen MR) is 163 cm³/mol. The summed E-state index contributed by atoms with van der Waals surface area (Å²) in [6, 6.07) is 21.1. The number of ether oxygens (including phenoxy) is 2. The second-order valence-electron chi connectivity index (χ2n) is 9.49. The highest BCUT2D eigenvalue weighted by atomic mass is 17.1. The fourth-order valence-electron chi connectivity index (χ4n) is 4.11. The average molecular weight is 635 g/mol. The molecule has 0 unspecified atom stereocenters. The van der Waals surface area contributed by atoms with E-state index < -0.39 is 17.8 Å². The van der Waals surface area contributed by atoms with E-state index in [0.717, 1.165) is 0 Å². The fraction of sp³-hybridized carbons (Fsp3) is 0.0938. The Balaban J connectivity index is 0.00000600. The minimum absolute atomic E-state index is 0. The Morgan fingerprint density at radius 2 is 1.30 bits per heavy atom. The highest BCUT2D eigenvalue weighted by Crippen LogP contribution is 2.23. The summed E-state index contributed by atoms with van der Waals surface area (Å²) in [6.07, 6.45) is 0. The summed E-state index contributed by atoms with van der Waals surface area (Å²) in [7, 11) is 0. The number of anilines is 2. The number of nitrogens with one attached hydrogen (secondary N) is 2. The van der Waals surface area contributed by atoms with Crippen LogP contribution >= 0.6 is 0 Å². The van der Waals surface area contributed by atoms with Crippen molar-refractivity contribution in [2.24, 2.45) is 0 Å². The van der Waals surface area contributed by atoms with Crippen molar-refractivity contribution in [2.45, 2.75) is 19.8 Å². The minimum Gasteiger partial charge on any atom is -0.478 e. The Labute approximate surface area is 262 Å². The lowest BCUT2D eigenvalue weighted by Gasteiger charge is -2.13. The van der Waals surface area contributed by atoms with E-state index in [1.165, 1.54) is 36.4 Å². The summed E-state index contributed by atoms with van der Waals surface area (Å²) in [5.41, 5.74) is 4.89. The van der Waals surface area contributed by atoms with E-state index in [0.29, 0.717) is 39.6 Å². The molecule has 0 heterocycles. The van der Waals surface area contributed by atoms with E-state index in [2.05, 4.69) is 27.2 Å². The smallest absolute Gasteiger partial charge is 0.336 e. The van der Waals surface area contributed by atoms with Crippen molar-refractivity contribution in [3.05, 3.63) is 131 Å². The van der Waals surface area contributed by atoms with Gasteiger partial charge in [-0.2, -0.15) is 0 Å². The van der Waals surface area contributed by atoms with Gasteiger partial charge in [0.15, 0.2) is 0 Å². The number of carboxylic acids is 2. The van der Waals surface area contributed by atoms with Crippen molar-refractivity contribution in [1.29, 1.82) is 0 Å². The molecule has 0 atom stereocenters. The largest absolute Gasteiger partial charge is 0.478 e. The molecular weight excluding hydrogens is 604 g/mol. The van der Waals surface area contributed by atoms with Crippen LogP contribution in [0.3, 0.4) is 0 Å². The lowest BCUT2D eigenvalue weighted by molar-refractivity contribution is -0.253. The molecule has 46 heavy (non-hydrogen) atoms. The topological polar surface area (TPSA) is 202 Å². The van der Waals surface area contributed by atoms with E-state index >= 15 is 0 Å². The van der Waals surface area contributed by atoms with Crippen molar-refractivity contribution in [1.82, 2.24) is 0 Å². The molecule has 4 aromatic carbocycles. The Hall–Kier alpha value is -5.77. The number of rotatable bonds is 16. The highest BCUT2D eigenvalue weighted by molar-refractivity contribution is 6.10. The van der Waals surface area contributed by atoms with Crippen molar-refractivity contribution in [3.8, 4) is 11.5 Å². The second kappa shape index (κ2) is 15.8. The molecule has 0 saturated carbocycles. The first-order valence-corrected chi connectivity index (χ1v) is 13.3. The minimum atomic E-state index is -1.28. The third-order valence-corrected chi connectivity index (χ3v) is 6.31. The first-order chi connectivity index (χ1) is 22.2. The first-order valence-electron chi connectivity index (χ1n) is 13.3. The summed E-state index contributed by atoms with van der Waals surface area (Å²) in [6.45, 7) is 3.38. The SMILES string of the molecule is C=C(Oc1ccc(NOCc2cc(C(=O)O)ccc2COO)cc1)Oc1ccc(NC(=O)c2cc(COO)ccc2C(=O)O)cc1.[HH]. The standard InChI is InChI=1S/C32H28N2O12.H2/c1-19(45-26-9-5-24(6-10-26)33-30(35)29-14-20(16-43-40)2-13-28(29)32(38)39)46-27-11-7-25(8-12-27)34-42-17-23-15-21(31(36)37)3-4-22(23)18-44-41;/h2-15,34,40-41H,1,16-18H2,(H,33,35)(H,36,37)(H,38,39);1H. The summed E-state index contributed by atoms with van der Waals surface area (Å²) in [4.78, 5) is 49.4. The third kappa shape index (κ3) is 9.12. The van der Waals surface area contributed by atoms with Crippen molar-refractivity contribution in [3.63, 3.8) is 0 Å². The van der Waals surface area contributed by atoms with Crippen molar-refractivity contribution in [2.75, 3.05) is 10.8 Å². The van der Waals surface area contributed by atoms with E-state index in [-0.39, 0.29) is 43.9 Å². The molecule has 6 N–H and O–H groups in total. The summed E-state index contributed by atoms with van der Waals surface area (Å²) in [5.74, 6) is -2.34. The van der Waals surface area contributed by atoms with Gasteiger partial charge in [0.05, 0.1) is 22.4 Å². The zero-order chi connectivity index (χ0) is 33.1. The van der Waals surface area contributed by atoms with Gasteiger partial charge in [0.25, 0.3) is 11.9 Å². The Kier molecular flexibility index (Phi) is 11.4. The molecule has 14 nitrogen and oxygen atoms in total. The number of carbonyl (C=O) groups excluding carboxylic acids is 1. The average Bonchev–Trinajstić information content (AvgIpc) is 3.03. The van der Waals surface area contributed by atoms with Crippen LogP contribution in [0.15, 0.2) is 97.5 Å². The zero-order valence-electron chi connectivity index (χ0n) is 24.0. The lowest BCUT2D eigenvalue weighted by Crippen LogP contribution is -2.17. The maximum atomic E-state index is 12.8. The molecule has 0 aliphatic rings. The summed E-state index contributed by atoms with van der Waals surface area (Å²) in [5, 5.41) is 38.7. The molecule has 14 heteroatoms. The third-order valence-electron chi connectivity index (χ3n) is 6.31. The molecule has 0 bridgehead atoms. The van der Waals surface area contributed by atoms with E-state index in [9.17, 15) is 24.6 Å². The van der Waals surface area contributed by atoms with Gasteiger partial charge in [0, 0.05) is 7.11 Å². The monoisotopic (exact) mass is 634 g/mol. The quantitative estimate of drug-likeness (QED) is 0.0474. The molecule has 0 aliphatic carbocycles. The number of aromatic carboxylic acids is 2. The van der Waals surface area contributed by atoms with Crippen LogP contribution in [-0.4, -0.2) is 38.6 Å². The van der Waals surface area contributed by atoms with Gasteiger partial charge in [-0.1, -0.05) is 12.1 Å². The predicted octanol–water partition coefficient (Wildman–Crippen LogP) is 6.03. The zero-order valence-corrected chi connectivity index (χ0v) is 24.0. The first kappa shape index (κ1) is 33.1. The summed E-state index contributed by atoms with van der Waals surface area (Å²) < 4.78 is 11.2. The number of carboxylic acid groups (broad SMARTS) is 2. The van der Waals surface area contributed by atoms with Gasteiger partial charge in [-0.15, -0.1) is 0 Å². The molecule has 0 aromatic heterocycles. The molecule has 0 fully saturated rings. The number of benzene rings is 4. The molecule has 240 valence electrons. The van der Waals surface area contributed by atoms with Gasteiger partial charge in [0.2, 0.25) is 0 Å². The highest BCUT2D eigenvalue weighted by Gasteiger charge is 2.18. The van der Waals surface area contributed by atoms with Crippen molar-refractivity contribution < 1.29 is 60.6 Å². The molecule has 0 radical (unpaired) electrons. The molecule has 0 aliphatic heterocycles. The van der Waals surface area contributed by atoms with Crippen LogP contribution in [0.5, 0.6) is 11.5 Å². The van der Waals surface area contributed by atoms with Crippen LogP contribution in [0, 0.1) is 0 Å². The van der Waals surface area contributed by atoms with E-state index in [1.54, 1.807) is 48.5 Å². The van der Waals surface area contributed by atoms with Gasteiger partial charge < -0.3 is 25.0 Å². The maximum absolute atomic E-state index is 12.8. The van der Waals surface area contributed by atoms with E-state index in [4.69, 9.17) is 24.8 Å². The van der Waals surface area contributed by atoms with Gasteiger partial charge in [-0.25, -0.2) is 19.4 Å². The number of hydrogen-bond donors (Lipinski definition) is 6. The number of carbonyl (C=O) groups is 3. The normalized spacial score (nSPS) is 10.6. The lowest BCUT2D eigenvalue weighted by atomic mass is 10.0. The van der Waals surface area contributed by atoms with Crippen LogP contribution < -0.4 is 20.3 Å². The number of hydrogen-bond acceptors (Lipinski definition) is 11. The molecular formula is C32H30N2O12. The van der Waals surface area contributed by atoms with E-state index in [1.807, 2.05) is 0 Å². The number of amides is 1. The van der Waals surface area contributed by atoms with Crippen LogP contribution in [-0.2, 0) is 34.4 Å². The Morgan fingerprint density at radius 3 is 1.89 bits per heavy atom. The molecule has 0 saturated heterocycles. The van der Waals surface area contributed by atoms with Crippen LogP contribution in [0.2, 0.25) is 0 Å². The molecule has 1 amide bonds. The van der Waals surface area contributed by atoms with Crippen LogP contribution in [0.1, 0.15) is 49.2 Å². The molecule has 4 aromatic rings. The van der Waals surface area contributed by atoms with Gasteiger partial charge in [-0.3, -0.25) is 25.6 Å². The summed E-state index contributed by atoms with van der Waals surface area (Å²) >= 11 is 0. The molecule has 4 rings (SSSR count). The fourth-order valence-corrected chi connectivity index (χ4v) is 4.11. The van der Waals surface area contributed by atoms with Gasteiger partial charge in [0.1, 0.15) is 31.3 Å². The Bertz CT molecular complexity index is 1710. The molecule has 0 spiro atoms. The van der Waals surface area contributed by atoms with Gasteiger partial charge >= 0.3 is 11.9 Å². The van der Waals surface area contributed by atoms with Crippen molar-refractivity contribution >= 4 is 29.2 Å². The van der Waals surface area contributed by atoms with Gasteiger partial charge in [-0.05, 0) is 96.1 Å². The second-order valence-corrected chi connectivity index (χ2v) is 9.49.